The molecule has 0 aliphatic carbocycles. The number of rotatable bonds is 4. The highest BCUT2D eigenvalue weighted by atomic mass is 32.2. The van der Waals surface area contributed by atoms with Crippen molar-refractivity contribution >= 4 is 10.0 Å². The van der Waals surface area contributed by atoms with Gasteiger partial charge in [0.1, 0.15) is 4.90 Å². The molecule has 0 bridgehead atoms. The molecule has 0 radical (unpaired) electrons. The van der Waals surface area contributed by atoms with E-state index >= 15 is 0 Å². The average molecular weight is 361 g/mol. The lowest BCUT2D eigenvalue weighted by Gasteiger charge is -2.33. The fourth-order valence-corrected chi connectivity index (χ4v) is 4.95. The van der Waals surface area contributed by atoms with Gasteiger partial charge in [-0.05, 0) is 37.5 Å². The summed E-state index contributed by atoms with van der Waals surface area (Å²) in [7, 11) is -3.44. The zero-order chi connectivity index (χ0) is 17.3. The molecule has 25 heavy (non-hydrogen) atoms. The first-order chi connectivity index (χ1) is 12.1. The van der Waals surface area contributed by atoms with Gasteiger partial charge in [-0.1, -0.05) is 0 Å². The van der Waals surface area contributed by atoms with Crippen LogP contribution in [0, 0.1) is 0 Å². The van der Waals surface area contributed by atoms with E-state index in [0.29, 0.717) is 13.1 Å². The maximum Gasteiger partial charge on any atom is 0.244 e. The van der Waals surface area contributed by atoms with Gasteiger partial charge in [-0.2, -0.15) is 9.40 Å². The lowest BCUT2D eigenvalue weighted by Crippen LogP contribution is -2.48. The van der Waals surface area contributed by atoms with E-state index in [0.717, 1.165) is 38.3 Å². The molecule has 0 atom stereocenters. The van der Waals surface area contributed by atoms with Gasteiger partial charge in [0.15, 0.2) is 0 Å². The Hall–Kier alpha value is -1.77. The summed E-state index contributed by atoms with van der Waals surface area (Å²) in [5, 5.41) is 4.70. The van der Waals surface area contributed by atoms with Crippen LogP contribution in [0.25, 0.3) is 0 Å². The van der Waals surface area contributed by atoms with Gasteiger partial charge in [0.2, 0.25) is 10.0 Å². The van der Waals surface area contributed by atoms with Crippen molar-refractivity contribution in [2.75, 3.05) is 26.2 Å². The summed E-state index contributed by atoms with van der Waals surface area (Å²) in [6, 6.07) is 5.46. The first-order valence-corrected chi connectivity index (χ1v) is 10.2. The van der Waals surface area contributed by atoms with Crippen LogP contribution in [0.5, 0.6) is 0 Å². The predicted molar refractivity (Wildman–Crippen MR) is 93.4 cm³/mol. The molecule has 2 aliphatic heterocycles. The normalized spacial score (nSPS) is 19.7. The molecular weight excluding hydrogens is 338 g/mol. The summed E-state index contributed by atoms with van der Waals surface area (Å²) in [6.45, 7) is 4.27. The van der Waals surface area contributed by atoms with Crippen molar-refractivity contribution in [3.8, 4) is 0 Å². The Balaban J connectivity index is 1.38. The maximum absolute atomic E-state index is 12.6. The number of aromatic nitrogens is 3. The van der Waals surface area contributed by atoms with Crippen LogP contribution >= 0.6 is 0 Å². The van der Waals surface area contributed by atoms with Crippen molar-refractivity contribution in [1.29, 1.82) is 0 Å². The van der Waals surface area contributed by atoms with Gasteiger partial charge in [-0.15, -0.1) is 0 Å². The molecule has 4 rings (SSSR count). The highest BCUT2D eigenvalue weighted by Gasteiger charge is 2.29. The van der Waals surface area contributed by atoms with E-state index in [1.165, 1.54) is 24.7 Å². The van der Waals surface area contributed by atoms with Crippen LogP contribution in [0.2, 0.25) is 0 Å². The third-order valence-electron chi connectivity index (χ3n) is 4.96. The van der Waals surface area contributed by atoms with E-state index in [2.05, 4.69) is 20.6 Å². The molecule has 1 fully saturated rings. The highest BCUT2D eigenvalue weighted by Crippen LogP contribution is 2.19. The van der Waals surface area contributed by atoms with Gasteiger partial charge in [0, 0.05) is 57.4 Å². The number of pyridine rings is 1. The Bertz CT molecular complexity index is 802. The van der Waals surface area contributed by atoms with Crippen molar-refractivity contribution in [2.45, 2.75) is 37.2 Å². The van der Waals surface area contributed by atoms with Gasteiger partial charge in [0.25, 0.3) is 0 Å². The Morgan fingerprint density at radius 2 is 1.92 bits per heavy atom. The molecule has 2 aliphatic rings. The number of sulfonamides is 1. The summed E-state index contributed by atoms with van der Waals surface area (Å²) in [6.07, 6.45) is 6.57. The van der Waals surface area contributed by atoms with Crippen molar-refractivity contribution in [2.24, 2.45) is 0 Å². The van der Waals surface area contributed by atoms with E-state index in [4.69, 9.17) is 5.10 Å². The minimum atomic E-state index is -3.44. The Morgan fingerprint density at radius 1 is 1.08 bits per heavy atom. The molecule has 2 aromatic heterocycles. The van der Waals surface area contributed by atoms with Crippen LogP contribution < -0.4 is 0 Å². The van der Waals surface area contributed by atoms with Crippen LogP contribution in [0.1, 0.15) is 24.2 Å². The third-order valence-corrected chi connectivity index (χ3v) is 6.84. The lowest BCUT2D eigenvalue weighted by atomic mass is 10.1. The Morgan fingerprint density at radius 3 is 2.64 bits per heavy atom. The van der Waals surface area contributed by atoms with Crippen molar-refractivity contribution < 1.29 is 8.42 Å². The van der Waals surface area contributed by atoms with Crippen molar-refractivity contribution in [1.82, 2.24) is 24.0 Å². The van der Waals surface area contributed by atoms with E-state index in [9.17, 15) is 8.42 Å². The number of piperazine rings is 1. The first kappa shape index (κ1) is 16.7. The Kier molecular flexibility index (Phi) is 4.58. The molecule has 0 amide bonds. The molecule has 0 N–H and O–H groups in total. The first-order valence-electron chi connectivity index (χ1n) is 8.81. The number of hydrogen-bond acceptors (Lipinski definition) is 5. The quantitative estimate of drug-likeness (QED) is 0.816. The van der Waals surface area contributed by atoms with Gasteiger partial charge >= 0.3 is 0 Å². The van der Waals surface area contributed by atoms with E-state index in [1.54, 1.807) is 22.6 Å². The average Bonchev–Trinajstić information content (AvgIpc) is 3.05. The molecule has 8 heteroatoms. The topological polar surface area (TPSA) is 71.3 Å². The molecule has 2 aromatic rings. The fourth-order valence-electron chi connectivity index (χ4n) is 3.56. The van der Waals surface area contributed by atoms with E-state index in [-0.39, 0.29) is 4.90 Å². The number of fused-ring (bicyclic) bond motifs is 1. The van der Waals surface area contributed by atoms with Gasteiger partial charge in [-0.3, -0.25) is 14.6 Å². The highest BCUT2D eigenvalue weighted by molar-refractivity contribution is 7.89. The monoisotopic (exact) mass is 361 g/mol. The van der Waals surface area contributed by atoms with Crippen LogP contribution in [0.3, 0.4) is 0 Å². The van der Waals surface area contributed by atoms with Crippen molar-refractivity contribution in [3.05, 3.63) is 42.0 Å². The van der Waals surface area contributed by atoms with Crippen LogP contribution in [-0.4, -0.2) is 58.6 Å². The van der Waals surface area contributed by atoms with Gasteiger partial charge in [-0.25, -0.2) is 8.42 Å². The van der Waals surface area contributed by atoms with Crippen LogP contribution in [0.15, 0.2) is 35.5 Å². The van der Waals surface area contributed by atoms with Gasteiger partial charge < -0.3 is 0 Å². The molecule has 0 saturated carbocycles. The van der Waals surface area contributed by atoms with E-state index < -0.39 is 10.0 Å². The van der Waals surface area contributed by atoms with Crippen molar-refractivity contribution in [3.63, 3.8) is 0 Å². The minimum absolute atomic E-state index is 0.269. The van der Waals surface area contributed by atoms with E-state index in [1.807, 2.05) is 0 Å². The molecule has 7 nitrogen and oxygen atoms in total. The number of hydrogen-bond donors (Lipinski definition) is 0. The zero-order valence-electron chi connectivity index (χ0n) is 14.2. The predicted octanol–water partition coefficient (Wildman–Crippen LogP) is 1.12. The zero-order valence-corrected chi connectivity index (χ0v) is 15.0. The molecule has 0 spiro atoms. The molecule has 1 saturated heterocycles. The second-order valence-corrected chi connectivity index (χ2v) is 8.61. The smallest absolute Gasteiger partial charge is 0.244 e. The second-order valence-electron chi connectivity index (χ2n) is 6.68. The molecule has 0 aromatic carbocycles. The van der Waals surface area contributed by atoms with Gasteiger partial charge in [0.05, 0.1) is 5.69 Å². The molecular formula is C17H23N5O2S. The molecule has 134 valence electrons. The molecule has 4 heterocycles. The SMILES string of the molecule is O=S(=O)(c1cccnc1)N1CCN(Cc2cc3n(n2)CCCC3)CC1. The lowest BCUT2D eigenvalue weighted by molar-refractivity contribution is 0.179. The fraction of sp³-hybridized carbons (Fsp3) is 0.529. The third kappa shape index (κ3) is 3.47. The largest absolute Gasteiger partial charge is 0.295 e. The molecule has 0 unspecified atom stereocenters. The van der Waals surface area contributed by atoms with Crippen LogP contribution in [-0.2, 0) is 29.5 Å². The number of aryl methyl sites for hydroxylation is 2. The summed E-state index contributed by atoms with van der Waals surface area (Å²) < 4.78 is 29.0. The second kappa shape index (κ2) is 6.86. The summed E-state index contributed by atoms with van der Waals surface area (Å²) in [5.41, 5.74) is 2.43. The van der Waals surface area contributed by atoms with Crippen LogP contribution in [0.4, 0.5) is 0 Å². The summed E-state index contributed by atoms with van der Waals surface area (Å²) in [4.78, 5) is 6.47. The summed E-state index contributed by atoms with van der Waals surface area (Å²) >= 11 is 0. The minimum Gasteiger partial charge on any atom is -0.295 e. The standard InChI is InChI=1S/C17H23N5O2S/c23-25(24,17-5-3-6-18-13-17)21-10-8-20(9-11-21)14-15-12-16-4-1-2-7-22(16)19-15/h3,5-6,12-13H,1-2,4,7-11,14H2. The Labute approximate surface area is 148 Å². The maximum atomic E-state index is 12.6. The summed E-state index contributed by atoms with van der Waals surface area (Å²) in [5.74, 6) is 0. The number of nitrogens with zero attached hydrogens (tertiary/aromatic N) is 5.